The van der Waals surface area contributed by atoms with Crippen LogP contribution in [0.25, 0.3) is 0 Å². The molecule has 3 heteroatoms. The first-order valence-corrected chi connectivity index (χ1v) is 21.2. The van der Waals surface area contributed by atoms with E-state index in [4.69, 9.17) is 14.2 Å². The monoisotopic (exact) mass is 715 g/mol. The third-order valence-electron chi connectivity index (χ3n) is 12.5. The molecule has 0 saturated carbocycles. The Morgan fingerprint density at radius 1 is 0.491 bits per heavy atom. The van der Waals surface area contributed by atoms with E-state index in [1.54, 1.807) is 0 Å². The zero-order valence-corrected chi connectivity index (χ0v) is 33.8. The number of para-hydroxylation sites is 2. The van der Waals surface area contributed by atoms with Crippen molar-refractivity contribution in [3.05, 3.63) is 118 Å². The average molecular weight is 715 g/mol. The zero-order valence-electron chi connectivity index (χ0n) is 33.8. The summed E-state index contributed by atoms with van der Waals surface area (Å²) in [5.41, 5.74) is 7.29. The van der Waals surface area contributed by atoms with Crippen molar-refractivity contribution in [2.24, 2.45) is 11.8 Å². The molecule has 0 spiro atoms. The maximum Gasteiger partial charge on any atom is 0.131 e. The first-order chi connectivity index (χ1) is 25.8. The van der Waals surface area contributed by atoms with Crippen molar-refractivity contribution in [2.45, 2.75) is 155 Å². The molecule has 2 atom stereocenters. The summed E-state index contributed by atoms with van der Waals surface area (Å²) in [6.07, 6.45) is 18.3. The molecule has 4 aromatic carbocycles. The lowest BCUT2D eigenvalue weighted by Crippen LogP contribution is -2.53. The van der Waals surface area contributed by atoms with Gasteiger partial charge in [-0.15, -0.1) is 0 Å². The Morgan fingerprint density at radius 2 is 0.887 bits per heavy atom. The molecule has 0 amide bonds. The second-order valence-corrected chi connectivity index (χ2v) is 16.8. The summed E-state index contributed by atoms with van der Waals surface area (Å²) < 4.78 is 21.3. The standard InChI is InChI=1S/C50H66O3/c1-7-9-11-13-19-31-49(37(3)4,35-41-25-21-29-47-43(41)33-39-23-15-17-27-45(39)51-47)53-50(38(5)6,32-20-14-12-10-8-2)36-42-26-22-30-48-44(42)34-40-24-16-18-28-46(40)52-48/h15-18,21-30,37-38H,7-14,19-20,31-36H2,1-6H3. The van der Waals surface area contributed by atoms with Crippen molar-refractivity contribution >= 4 is 0 Å². The largest absolute Gasteiger partial charge is 0.457 e. The number of hydrogen-bond donors (Lipinski definition) is 0. The Kier molecular flexibility index (Phi) is 13.4. The van der Waals surface area contributed by atoms with Gasteiger partial charge in [0, 0.05) is 36.8 Å². The Bertz CT molecular complexity index is 1640. The summed E-state index contributed by atoms with van der Waals surface area (Å²) in [6.45, 7) is 14.3. The summed E-state index contributed by atoms with van der Waals surface area (Å²) in [6, 6.07) is 30.5. The Balaban J connectivity index is 1.40. The van der Waals surface area contributed by atoms with Crippen LogP contribution in [0.5, 0.6) is 23.0 Å². The van der Waals surface area contributed by atoms with E-state index in [-0.39, 0.29) is 11.2 Å². The molecule has 2 aliphatic heterocycles. The van der Waals surface area contributed by atoms with Gasteiger partial charge >= 0.3 is 0 Å². The molecule has 4 aromatic rings. The van der Waals surface area contributed by atoms with Gasteiger partial charge in [0.2, 0.25) is 0 Å². The van der Waals surface area contributed by atoms with E-state index in [1.165, 1.54) is 97.6 Å². The Labute approximate surface area is 321 Å². The van der Waals surface area contributed by atoms with Gasteiger partial charge in [0.1, 0.15) is 23.0 Å². The minimum absolute atomic E-state index is 0.329. The van der Waals surface area contributed by atoms with E-state index < -0.39 is 0 Å². The molecule has 53 heavy (non-hydrogen) atoms. The van der Waals surface area contributed by atoms with E-state index in [9.17, 15) is 0 Å². The van der Waals surface area contributed by atoms with Crippen LogP contribution in [-0.4, -0.2) is 11.2 Å². The molecule has 0 radical (unpaired) electrons. The molecular formula is C50H66O3. The molecule has 0 bridgehead atoms. The summed E-state index contributed by atoms with van der Waals surface area (Å²) in [4.78, 5) is 0. The van der Waals surface area contributed by atoms with Gasteiger partial charge < -0.3 is 14.2 Å². The number of ether oxygens (including phenoxy) is 3. The highest BCUT2D eigenvalue weighted by atomic mass is 16.5. The number of unbranched alkanes of at least 4 members (excludes halogenated alkanes) is 8. The van der Waals surface area contributed by atoms with Crippen molar-refractivity contribution in [3.8, 4) is 23.0 Å². The number of hydrogen-bond acceptors (Lipinski definition) is 3. The smallest absolute Gasteiger partial charge is 0.131 e. The highest BCUT2D eigenvalue weighted by Gasteiger charge is 2.46. The van der Waals surface area contributed by atoms with Gasteiger partial charge in [-0.05, 0) is 71.2 Å². The van der Waals surface area contributed by atoms with E-state index in [2.05, 4.69) is 126 Å². The summed E-state index contributed by atoms with van der Waals surface area (Å²) in [5.74, 6) is 4.64. The van der Waals surface area contributed by atoms with Gasteiger partial charge in [0.15, 0.2) is 0 Å². The van der Waals surface area contributed by atoms with Crippen molar-refractivity contribution in [1.29, 1.82) is 0 Å². The van der Waals surface area contributed by atoms with E-state index >= 15 is 0 Å². The molecule has 3 nitrogen and oxygen atoms in total. The Morgan fingerprint density at radius 3 is 1.30 bits per heavy atom. The van der Waals surface area contributed by atoms with Crippen LogP contribution in [0.4, 0.5) is 0 Å². The topological polar surface area (TPSA) is 27.7 Å². The maximum absolute atomic E-state index is 8.21. The maximum atomic E-state index is 8.21. The van der Waals surface area contributed by atoms with Crippen molar-refractivity contribution in [3.63, 3.8) is 0 Å². The van der Waals surface area contributed by atoms with Crippen LogP contribution < -0.4 is 9.47 Å². The highest BCUT2D eigenvalue weighted by molar-refractivity contribution is 5.54. The lowest BCUT2D eigenvalue weighted by molar-refractivity contribution is -0.204. The lowest BCUT2D eigenvalue weighted by Gasteiger charge is -2.50. The average Bonchev–Trinajstić information content (AvgIpc) is 3.16. The number of benzene rings is 4. The Hall–Kier alpha value is -3.56. The first-order valence-electron chi connectivity index (χ1n) is 21.2. The second-order valence-electron chi connectivity index (χ2n) is 16.8. The number of fused-ring (bicyclic) bond motifs is 4. The van der Waals surface area contributed by atoms with Crippen LogP contribution in [0, 0.1) is 11.8 Å². The normalized spacial score (nSPS) is 15.4. The molecule has 2 heterocycles. The third-order valence-corrected chi connectivity index (χ3v) is 12.5. The number of rotatable bonds is 20. The van der Waals surface area contributed by atoms with Crippen LogP contribution >= 0.6 is 0 Å². The van der Waals surface area contributed by atoms with E-state index in [1.807, 2.05) is 0 Å². The van der Waals surface area contributed by atoms with Gasteiger partial charge in [-0.25, -0.2) is 0 Å². The molecule has 2 aliphatic rings. The fraction of sp³-hybridized carbons (Fsp3) is 0.520. The van der Waals surface area contributed by atoms with Crippen LogP contribution in [0.15, 0.2) is 84.9 Å². The molecule has 0 aliphatic carbocycles. The molecule has 284 valence electrons. The molecule has 0 aromatic heterocycles. The molecule has 2 unspecified atom stereocenters. The van der Waals surface area contributed by atoms with Crippen LogP contribution in [-0.2, 0) is 30.4 Å². The fourth-order valence-corrected chi connectivity index (χ4v) is 8.94. The lowest BCUT2D eigenvalue weighted by atomic mass is 9.74. The van der Waals surface area contributed by atoms with E-state index in [0.717, 1.165) is 61.5 Å². The van der Waals surface area contributed by atoms with Gasteiger partial charge in [-0.1, -0.05) is 166 Å². The molecule has 6 rings (SSSR count). The van der Waals surface area contributed by atoms with Crippen molar-refractivity contribution in [1.82, 2.24) is 0 Å². The fourth-order valence-electron chi connectivity index (χ4n) is 8.94. The van der Waals surface area contributed by atoms with Crippen molar-refractivity contribution < 1.29 is 14.2 Å². The van der Waals surface area contributed by atoms with Gasteiger partial charge in [-0.2, -0.15) is 0 Å². The highest BCUT2D eigenvalue weighted by Crippen LogP contribution is 2.47. The van der Waals surface area contributed by atoms with Gasteiger partial charge in [-0.3, -0.25) is 0 Å². The van der Waals surface area contributed by atoms with Crippen LogP contribution in [0.2, 0.25) is 0 Å². The molecule has 0 fully saturated rings. The minimum atomic E-state index is -0.329. The van der Waals surface area contributed by atoms with Crippen molar-refractivity contribution in [2.75, 3.05) is 0 Å². The van der Waals surface area contributed by atoms with Crippen LogP contribution in [0.1, 0.15) is 152 Å². The molecule has 0 saturated heterocycles. The molecular weight excluding hydrogens is 649 g/mol. The third kappa shape index (κ3) is 9.22. The van der Waals surface area contributed by atoms with E-state index in [0.29, 0.717) is 11.8 Å². The quantitative estimate of drug-likeness (QED) is 0.0737. The SMILES string of the molecule is CCCCCCCC(Cc1cccc2c1Cc1ccccc1O2)(OC(CCCCCCC)(Cc1cccc2c1Cc1ccccc1O2)C(C)C)C(C)C. The van der Waals surface area contributed by atoms with Crippen LogP contribution in [0.3, 0.4) is 0 Å². The molecule has 0 N–H and O–H groups in total. The summed E-state index contributed by atoms with van der Waals surface area (Å²) >= 11 is 0. The summed E-state index contributed by atoms with van der Waals surface area (Å²) in [7, 11) is 0. The zero-order chi connectivity index (χ0) is 37.3. The summed E-state index contributed by atoms with van der Waals surface area (Å²) in [5, 5.41) is 0. The first kappa shape index (κ1) is 39.1. The van der Waals surface area contributed by atoms with Gasteiger partial charge in [0.25, 0.3) is 0 Å². The van der Waals surface area contributed by atoms with Gasteiger partial charge in [0.05, 0.1) is 11.2 Å². The second kappa shape index (κ2) is 18.2. The predicted octanol–water partition coefficient (Wildman–Crippen LogP) is 14.4. The predicted molar refractivity (Wildman–Crippen MR) is 222 cm³/mol. The minimum Gasteiger partial charge on any atom is -0.457 e.